The molecule has 104 valence electrons. The smallest absolute Gasteiger partial charge is 0.348 e. The van der Waals surface area contributed by atoms with Crippen LogP contribution in [-0.2, 0) is 0 Å². The molecule has 0 unspecified atom stereocenters. The fourth-order valence-electron chi connectivity index (χ4n) is 1.91. The SMILES string of the molecule is Cc1ccc([N+](=O)[O-])cc1-c1sc(C(=O)O)c(N)c1C. The van der Waals surface area contributed by atoms with Gasteiger partial charge in [0.15, 0.2) is 0 Å². The van der Waals surface area contributed by atoms with Crippen LogP contribution in [0.25, 0.3) is 10.4 Å². The van der Waals surface area contributed by atoms with Crippen LogP contribution < -0.4 is 5.73 Å². The number of non-ortho nitro benzene ring substituents is 1. The molecule has 0 fully saturated rings. The van der Waals surface area contributed by atoms with Gasteiger partial charge in [0.2, 0.25) is 0 Å². The van der Waals surface area contributed by atoms with Crippen molar-refractivity contribution >= 4 is 28.7 Å². The van der Waals surface area contributed by atoms with Crippen LogP contribution in [0, 0.1) is 24.0 Å². The summed E-state index contributed by atoms with van der Waals surface area (Å²) in [5, 5.41) is 19.9. The van der Waals surface area contributed by atoms with Crippen molar-refractivity contribution in [3.05, 3.63) is 44.3 Å². The maximum atomic E-state index is 11.1. The number of nitro groups is 1. The predicted octanol–water partition coefficient (Wildman–Crippen LogP) is 3.22. The number of carboxylic acid groups (broad SMARTS) is 1. The number of rotatable bonds is 3. The first-order chi connectivity index (χ1) is 9.32. The third-order valence-corrected chi connectivity index (χ3v) is 4.39. The van der Waals surface area contributed by atoms with Crippen LogP contribution >= 0.6 is 11.3 Å². The van der Waals surface area contributed by atoms with Crippen molar-refractivity contribution in [3.63, 3.8) is 0 Å². The average molecular weight is 292 g/mol. The molecule has 0 amide bonds. The fraction of sp³-hybridized carbons (Fsp3) is 0.154. The van der Waals surface area contributed by atoms with Crippen molar-refractivity contribution in [2.24, 2.45) is 0 Å². The van der Waals surface area contributed by atoms with Crippen molar-refractivity contribution < 1.29 is 14.8 Å². The molecule has 1 heterocycles. The van der Waals surface area contributed by atoms with Crippen molar-refractivity contribution in [2.45, 2.75) is 13.8 Å². The van der Waals surface area contributed by atoms with Gasteiger partial charge in [-0.15, -0.1) is 11.3 Å². The third kappa shape index (κ3) is 2.23. The quantitative estimate of drug-likeness (QED) is 0.667. The molecule has 7 heteroatoms. The summed E-state index contributed by atoms with van der Waals surface area (Å²) >= 11 is 1.03. The van der Waals surface area contributed by atoms with Gasteiger partial charge in [0.1, 0.15) is 4.88 Å². The van der Waals surface area contributed by atoms with Crippen molar-refractivity contribution in [1.82, 2.24) is 0 Å². The van der Waals surface area contributed by atoms with Gasteiger partial charge in [-0.3, -0.25) is 10.1 Å². The van der Waals surface area contributed by atoms with E-state index in [1.807, 2.05) is 6.92 Å². The van der Waals surface area contributed by atoms with Crippen LogP contribution in [0.5, 0.6) is 0 Å². The molecule has 0 saturated carbocycles. The van der Waals surface area contributed by atoms with Crippen LogP contribution in [0.2, 0.25) is 0 Å². The van der Waals surface area contributed by atoms with Crippen molar-refractivity contribution in [3.8, 4) is 10.4 Å². The first-order valence-corrected chi connectivity index (χ1v) is 6.52. The van der Waals surface area contributed by atoms with Gasteiger partial charge >= 0.3 is 5.97 Å². The number of anilines is 1. The first kappa shape index (κ1) is 14.0. The number of benzene rings is 1. The molecule has 2 rings (SSSR count). The van der Waals surface area contributed by atoms with E-state index in [0.717, 1.165) is 16.9 Å². The molecule has 3 N–H and O–H groups in total. The highest BCUT2D eigenvalue weighted by atomic mass is 32.1. The van der Waals surface area contributed by atoms with E-state index in [9.17, 15) is 14.9 Å². The molecular formula is C13H12N2O4S. The van der Waals surface area contributed by atoms with Crippen LogP contribution in [0.4, 0.5) is 11.4 Å². The van der Waals surface area contributed by atoms with E-state index >= 15 is 0 Å². The van der Waals surface area contributed by atoms with Crippen molar-refractivity contribution in [1.29, 1.82) is 0 Å². The highest BCUT2D eigenvalue weighted by Gasteiger charge is 2.21. The molecule has 0 atom stereocenters. The molecule has 0 spiro atoms. The highest BCUT2D eigenvalue weighted by Crippen LogP contribution is 2.40. The summed E-state index contributed by atoms with van der Waals surface area (Å²) in [5.74, 6) is -1.09. The summed E-state index contributed by atoms with van der Waals surface area (Å²) in [6.07, 6.45) is 0. The zero-order valence-electron chi connectivity index (χ0n) is 10.8. The highest BCUT2D eigenvalue weighted by molar-refractivity contribution is 7.18. The molecule has 0 bridgehead atoms. The molecule has 0 radical (unpaired) electrons. The molecule has 1 aromatic heterocycles. The molecule has 0 aliphatic rings. The number of nitrogens with zero attached hydrogens (tertiary/aromatic N) is 1. The Balaban J connectivity index is 2.68. The van der Waals surface area contributed by atoms with Gasteiger partial charge in [-0.2, -0.15) is 0 Å². The molecule has 1 aromatic carbocycles. The summed E-state index contributed by atoms with van der Waals surface area (Å²) in [6.45, 7) is 3.53. The Morgan fingerprint density at radius 3 is 2.55 bits per heavy atom. The van der Waals surface area contributed by atoms with Gasteiger partial charge < -0.3 is 10.8 Å². The van der Waals surface area contributed by atoms with E-state index < -0.39 is 10.9 Å². The number of nitro benzene ring substituents is 1. The summed E-state index contributed by atoms with van der Waals surface area (Å²) in [4.78, 5) is 22.2. The first-order valence-electron chi connectivity index (χ1n) is 5.70. The van der Waals surface area contributed by atoms with E-state index in [-0.39, 0.29) is 16.3 Å². The van der Waals surface area contributed by atoms with Gasteiger partial charge in [-0.05, 0) is 25.0 Å². The lowest BCUT2D eigenvalue weighted by Gasteiger charge is -2.05. The maximum absolute atomic E-state index is 11.1. The second-order valence-electron chi connectivity index (χ2n) is 4.36. The molecule has 2 aromatic rings. The Bertz CT molecular complexity index is 721. The van der Waals surface area contributed by atoms with Crippen molar-refractivity contribution in [2.75, 3.05) is 5.73 Å². The van der Waals surface area contributed by atoms with Crippen LogP contribution in [0.3, 0.4) is 0 Å². The predicted molar refractivity (Wildman–Crippen MR) is 77.3 cm³/mol. The molecule has 0 aliphatic heterocycles. The maximum Gasteiger partial charge on any atom is 0.348 e. The molecule has 6 nitrogen and oxygen atoms in total. The summed E-state index contributed by atoms with van der Waals surface area (Å²) < 4.78 is 0. The monoisotopic (exact) mass is 292 g/mol. The van der Waals surface area contributed by atoms with Gasteiger partial charge in [-0.1, -0.05) is 6.07 Å². The number of hydrogen-bond acceptors (Lipinski definition) is 5. The lowest BCUT2D eigenvalue weighted by atomic mass is 10.0. The number of nitrogen functional groups attached to an aromatic ring is 1. The largest absolute Gasteiger partial charge is 0.477 e. The van der Waals surface area contributed by atoms with Gasteiger partial charge in [0, 0.05) is 22.6 Å². The third-order valence-electron chi connectivity index (χ3n) is 3.06. The number of carboxylic acids is 1. The minimum atomic E-state index is -1.09. The van der Waals surface area contributed by atoms with E-state index in [0.29, 0.717) is 16.0 Å². The summed E-state index contributed by atoms with van der Waals surface area (Å²) in [6, 6.07) is 4.51. The zero-order valence-corrected chi connectivity index (χ0v) is 11.7. The number of carbonyl (C=O) groups is 1. The van der Waals surface area contributed by atoms with E-state index in [2.05, 4.69) is 0 Å². The normalized spacial score (nSPS) is 10.5. The summed E-state index contributed by atoms with van der Waals surface area (Å²) in [7, 11) is 0. The number of aromatic carboxylic acids is 1. The fourth-order valence-corrected chi connectivity index (χ4v) is 3.06. The minimum absolute atomic E-state index is 0.0335. The van der Waals surface area contributed by atoms with Crippen LogP contribution in [0.1, 0.15) is 20.8 Å². The second-order valence-corrected chi connectivity index (χ2v) is 5.38. The molecule has 0 aliphatic carbocycles. The lowest BCUT2D eigenvalue weighted by molar-refractivity contribution is -0.384. The van der Waals surface area contributed by atoms with Crippen LogP contribution in [0.15, 0.2) is 18.2 Å². The molecular weight excluding hydrogens is 280 g/mol. The Morgan fingerprint density at radius 1 is 1.40 bits per heavy atom. The lowest BCUT2D eigenvalue weighted by Crippen LogP contribution is -1.97. The van der Waals surface area contributed by atoms with E-state index in [4.69, 9.17) is 10.8 Å². The number of thiophene rings is 1. The van der Waals surface area contributed by atoms with Gasteiger partial charge in [0.05, 0.1) is 10.6 Å². The Morgan fingerprint density at radius 2 is 2.05 bits per heavy atom. The topological polar surface area (TPSA) is 106 Å². The molecule has 0 saturated heterocycles. The Hall–Kier alpha value is -2.41. The van der Waals surface area contributed by atoms with E-state index in [1.54, 1.807) is 13.0 Å². The average Bonchev–Trinajstić information content (AvgIpc) is 2.67. The number of hydrogen-bond donors (Lipinski definition) is 2. The Labute approximate surface area is 118 Å². The number of nitrogens with two attached hydrogens (primary N) is 1. The van der Waals surface area contributed by atoms with E-state index in [1.165, 1.54) is 12.1 Å². The summed E-state index contributed by atoms with van der Waals surface area (Å²) in [5.41, 5.74) is 8.07. The minimum Gasteiger partial charge on any atom is -0.477 e. The van der Waals surface area contributed by atoms with Gasteiger partial charge in [-0.25, -0.2) is 4.79 Å². The number of aryl methyl sites for hydroxylation is 1. The zero-order chi connectivity index (χ0) is 15.0. The standard InChI is InChI=1S/C13H12N2O4S/c1-6-3-4-8(15(18)19)5-9(6)11-7(2)10(14)12(20-11)13(16)17/h3-5H,14H2,1-2H3,(H,16,17). The second kappa shape index (κ2) is 4.93. The van der Waals surface area contributed by atoms with Crippen LogP contribution in [-0.4, -0.2) is 16.0 Å². The van der Waals surface area contributed by atoms with Gasteiger partial charge in [0.25, 0.3) is 5.69 Å². The Kier molecular flexibility index (Phi) is 3.46. The molecule has 20 heavy (non-hydrogen) atoms.